The first-order valence-electron chi connectivity index (χ1n) is 10.6. The molecule has 1 fully saturated rings. The fourth-order valence-electron chi connectivity index (χ4n) is 3.86. The van der Waals surface area contributed by atoms with Crippen LogP contribution in [0.5, 0.6) is 0 Å². The Morgan fingerprint density at radius 3 is 2.76 bits per heavy atom. The van der Waals surface area contributed by atoms with Gasteiger partial charge in [-0.3, -0.25) is 9.69 Å². The Bertz CT molecular complexity index is 1120. The Hall–Kier alpha value is -2.56. The Labute approximate surface area is 197 Å². The number of esters is 1. The second kappa shape index (κ2) is 10.6. The van der Waals surface area contributed by atoms with Crippen LogP contribution < -0.4 is 15.9 Å². The molecule has 176 valence electrons. The first-order chi connectivity index (χ1) is 15.9. The molecule has 1 aliphatic carbocycles. The van der Waals surface area contributed by atoms with E-state index in [1.165, 1.54) is 13.3 Å². The highest BCUT2D eigenvalue weighted by molar-refractivity contribution is 6.30. The standard InChI is InChI=1S/C23H27ClN4O5/c1-14(29)33-21-9-17-19(10-20(21)30-3)25-13-26-23(17)27-18-8-16(24)5-4-15(18)11-28(2)12-22-31-6-7-32-22/h4-5,8-10,13,20-22H,6-7,11-12H2,1-3H3,(H,25,26,27). The summed E-state index contributed by atoms with van der Waals surface area (Å²) >= 11 is 6.30. The number of carbonyl (C=O) groups excluding carboxylic acids is 1. The van der Waals surface area contributed by atoms with Crippen molar-refractivity contribution in [2.75, 3.05) is 39.2 Å². The first kappa shape index (κ1) is 23.6. The predicted molar refractivity (Wildman–Crippen MR) is 123 cm³/mol. The third-order valence-corrected chi connectivity index (χ3v) is 5.62. The summed E-state index contributed by atoms with van der Waals surface area (Å²) in [4.78, 5) is 22.5. The molecule has 0 radical (unpaired) electrons. The smallest absolute Gasteiger partial charge is 0.303 e. The number of nitrogens with one attached hydrogen (secondary N) is 1. The molecule has 2 heterocycles. The molecule has 2 atom stereocenters. The fourth-order valence-corrected chi connectivity index (χ4v) is 4.04. The molecule has 1 aromatic heterocycles. The van der Waals surface area contributed by atoms with Crippen LogP contribution in [0.2, 0.25) is 5.02 Å². The molecule has 0 saturated carbocycles. The number of halogens is 1. The number of aromatic nitrogens is 2. The molecule has 0 amide bonds. The van der Waals surface area contributed by atoms with Crippen molar-refractivity contribution in [2.45, 2.75) is 32.0 Å². The number of rotatable bonds is 8. The van der Waals surface area contributed by atoms with Gasteiger partial charge in [-0.2, -0.15) is 0 Å². The lowest BCUT2D eigenvalue weighted by Crippen LogP contribution is -2.43. The van der Waals surface area contributed by atoms with Crippen LogP contribution in [0, 0.1) is 0 Å². The quantitative estimate of drug-likeness (QED) is 0.566. The molecule has 1 aliphatic heterocycles. The zero-order valence-corrected chi connectivity index (χ0v) is 19.5. The zero-order valence-electron chi connectivity index (χ0n) is 18.8. The Morgan fingerprint density at radius 1 is 1.24 bits per heavy atom. The number of ether oxygens (including phenoxy) is 4. The van der Waals surface area contributed by atoms with E-state index in [9.17, 15) is 4.79 Å². The summed E-state index contributed by atoms with van der Waals surface area (Å²) in [5.74, 6) is 0.188. The van der Waals surface area contributed by atoms with Crippen LogP contribution in [-0.2, 0) is 30.3 Å². The number of carbonyl (C=O) groups is 1. The monoisotopic (exact) mass is 474 g/mol. The van der Waals surface area contributed by atoms with Gasteiger partial charge in [-0.1, -0.05) is 17.7 Å². The van der Waals surface area contributed by atoms with E-state index in [1.807, 2.05) is 31.3 Å². The lowest BCUT2D eigenvalue weighted by atomic mass is 10.1. The maximum atomic E-state index is 11.6. The minimum atomic E-state index is -0.581. The number of nitrogens with zero attached hydrogens (tertiary/aromatic N) is 3. The summed E-state index contributed by atoms with van der Waals surface area (Å²) < 4.78 is 22.0. The molecule has 33 heavy (non-hydrogen) atoms. The highest BCUT2D eigenvalue weighted by atomic mass is 35.5. The number of hydrogen-bond acceptors (Lipinski definition) is 9. The van der Waals surface area contributed by atoms with Gasteiger partial charge in [0.15, 0.2) is 12.4 Å². The summed E-state index contributed by atoms with van der Waals surface area (Å²) in [6, 6.07) is 5.69. The van der Waals surface area contributed by atoms with E-state index in [0.717, 1.165) is 16.5 Å². The van der Waals surface area contributed by atoms with E-state index in [0.29, 0.717) is 42.5 Å². The highest BCUT2D eigenvalue weighted by Gasteiger charge is 2.24. The predicted octanol–water partition coefficient (Wildman–Crippen LogP) is 1.20. The number of anilines is 2. The van der Waals surface area contributed by atoms with Crippen LogP contribution in [0.3, 0.4) is 0 Å². The average molecular weight is 475 g/mol. The first-order valence-corrected chi connectivity index (χ1v) is 11.0. The van der Waals surface area contributed by atoms with Gasteiger partial charge in [-0.15, -0.1) is 0 Å². The molecular weight excluding hydrogens is 448 g/mol. The Balaban J connectivity index is 1.62. The topological polar surface area (TPSA) is 95.0 Å². The summed E-state index contributed by atoms with van der Waals surface area (Å²) in [5.41, 5.74) is 1.84. The lowest BCUT2D eigenvalue weighted by Gasteiger charge is -2.24. The van der Waals surface area contributed by atoms with Crippen molar-refractivity contribution < 1.29 is 23.7 Å². The summed E-state index contributed by atoms with van der Waals surface area (Å²) in [6.45, 7) is 3.91. The molecule has 10 heteroatoms. The van der Waals surface area contributed by atoms with E-state index in [2.05, 4.69) is 20.2 Å². The number of fused-ring (bicyclic) bond motifs is 1. The minimum absolute atomic E-state index is 0.218. The Morgan fingerprint density at radius 2 is 2.03 bits per heavy atom. The summed E-state index contributed by atoms with van der Waals surface area (Å²) in [5, 5.41) is 5.41. The van der Waals surface area contributed by atoms with Crippen LogP contribution in [-0.4, -0.2) is 73.3 Å². The third kappa shape index (κ3) is 5.87. The van der Waals surface area contributed by atoms with Crippen molar-refractivity contribution in [3.63, 3.8) is 0 Å². The molecule has 2 aromatic rings. The second-order valence-electron chi connectivity index (χ2n) is 7.92. The van der Waals surface area contributed by atoms with Crippen LogP contribution >= 0.6 is 11.6 Å². The molecule has 0 spiro atoms. The van der Waals surface area contributed by atoms with Crippen molar-refractivity contribution in [2.24, 2.45) is 0 Å². The van der Waals surface area contributed by atoms with E-state index in [-0.39, 0.29) is 6.29 Å². The molecule has 1 aromatic carbocycles. The maximum Gasteiger partial charge on any atom is 0.303 e. The van der Waals surface area contributed by atoms with Crippen molar-refractivity contribution in [1.82, 2.24) is 14.9 Å². The number of hydrogen-bond donors (Lipinski definition) is 1. The van der Waals surface area contributed by atoms with Crippen molar-refractivity contribution >= 4 is 41.2 Å². The van der Waals surface area contributed by atoms with E-state index in [4.69, 9.17) is 30.5 Å². The van der Waals surface area contributed by atoms with E-state index >= 15 is 0 Å². The molecule has 1 saturated heterocycles. The van der Waals surface area contributed by atoms with Gasteiger partial charge in [0.05, 0.1) is 18.6 Å². The van der Waals surface area contributed by atoms with E-state index < -0.39 is 18.2 Å². The van der Waals surface area contributed by atoms with Gasteiger partial charge in [0.25, 0.3) is 0 Å². The number of benzene rings is 1. The average Bonchev–Trinajstić information content (AvgIpc) is 3.28. The van der Waals surface area contributed by atoms with Gasteiger partial charge in [0.2, 0.25) is 0 Å². The van der Waals surface area contributed by atoms with Crippen molar-refractivity contribution in [3.05, 3.63) is 45.7 Å². The number of likely N-dealkylation sites (N-methyl/N-ethyl adjacent to an activating group) is 1. The van der Waals surface area contributed by atoms with Crippen LogP contribution in [0.4, 0.5) is 11.5 Å². The van der Waals surface area contributed by atoms with Gasteiger partial charge >= 0.3 is 5.97 Å². The van der Waals surface area contributed by atoms with Gasteiger partial charge in [0.1, 0.15) is 18.2 Å². The highest BCUT2D eigenvalue weighted by Crippen LogP contribution is 2.25. The van der Waals surface area contributed by atoms with Crippen molar-refractivity contribution in [3.8, 4) is 0 Å². The normalized spacial score (nSPS) is 20.2. The lowest BCUT2D eigenvalue weighted by molar-refractivity contribution is -0.146. The van der Waals surface area contributed by atoms with Crippen LogP contribution in [0.15, 0.2) is 24.5 Å². The maximum absolute atomic E-state index is 11.6. The SMILES string of the molecule is COC1C=c2ncnc(Nc3cc(Cl)ccc3CN(C)CC3OCCO3)c2=CC1OC(C)=O. The van der Waals surface area contributed by atoms with Crippen LogP contribution in [0.25, 0.3) is 12.2 Å². The molecule has 2 unspecified atom stereocenters. The molecule has 0 bridgehead atoms. The summed E-state index contributed by atoms with van der Waals surface area (Å²) in [7, 11) is 3.57. The van der Waals surface area contributed by atoms with Crippen LogP contribution in [0.1, 0.15) is 12.5 Å². The summed E-state index contributed by atoms with van der Waals surface area (Å²) in [6.07, 6.45) is 3.88. The fraction of sp³-hybridized carbons (Fsp3) is 0.435. The van der Waals surface area contributed by atoms with Gasteiger partial charge in [-0.05, 0) is 36.9 Å². The zero-order chi connectivity index (χ0) is 23.4. The molecular formula is C23H27ClN4O5. The van der Waals surface area contributed by atoms with E-state index in [1.54, 1.807) is 13.2 Å². The molecule has 2 aliphatic rings. The largest absolute Gasteiger partial charge is 0.455 e. The van der Waals surface area contributed by atoms with Gasteiger partial charge < -0.3 is 24.3 Å². The Kier molecular flexibility index (Phi) is 7.56. The number of methoxy groups -OCH3 is 1. The minimum Gasteiger partial charge on any atom is -0.455 e. The molecule has 1 N–H and O–H groups in total. The van der Waals surface area contributed by atoms with Crippen molar-refractivity contribution in [1.29, 1.82) is 0 Å². The molecule has 9 nitrogen and oxygen atoms in total. The van der Waals surface area contributed by atoms with Gasteiger partial charge in [0, 0.05) is 43.1 Å². The second-order valence-corrected chi connectivity index (χ2v) is 8.36. The molecule has 4 rings (SSSR count). The third-order valence-electron chi connectivity index (χ3n) is 5.38. The van der Waals surface area contributed by atoms with Gasteiger partial charge in [-0.25, -0.2) is 9.97 Å².